The zero-order valence-electron chi connectivity index (χ0n) is 14.0. The predicted octanol–water partition coefficient (Wildman–Crippen LogP) is 1.64. The second-order valence-electron chi connectivity index (χ2n) is 5.99. The Bertz CT molecular complexity index is 809. The maximum absolute atomic E-state index is 12.9. The van der Waals surface area contributed by atoms with E-state index in [4.69, 9.17) is 0 Å². The molecular weight excluding hydrogens is 337 g/mol. The van der Waals surface area contributed by atoms with Crippen LogP contribution in [0.4, 0.5) is 10.1 Å². The fourth-order valence-electron chi connectivity index (χ4n) is 2.73. The molecule has 2 aromatic rings. The number of nitrogens with one attached hydrogen (secondary N) is 1. The molecule has 134 valence electrons. The summed E-state index contributed by atoms with van der Waals surface area (Å²) in [6.45, 7) is 0.791. The zero-order chi connectivity index (χ0) is 18.5. The van der Waals surface area contributed by atoms with E-state index in [0.29, 0.717) is 18.8 Å². The van der Waals surface area contributed by atoms with Gasteiger partial charge in [0.25, 0.3) is 0 Å². The van der Waals surface area contributed by atoms with Gasteiger partial charge in [-0.3, -0.25) is 14.4 Å². The van der Waals surface area contributed by atoms with Crippen LogP contribution in [0, 0.1) is 5.82 Å². The first-order chi connectivity index (χ1) is 12.5. The minimum atomic E-state index is -0.693. The van der Waals surface area contributed by atoms with E-state index < -0.39 is 23.5 Å². The summed E-state index contributed by atoms with van der Waals surface area (Å²) in [5.74, 6) is -2.15. The van der Waals surface area contributed by atoms with Crippen LogP contribution in [0.5, 0.6) is 0 Å². The molecule has 0 unspecified atom stereocenters. The Kier molecular flexibility index (Phi) is 5.26. The third-order valence-electron chi connectivity index (χ3n) is 4.08. The lowest BCUT2D eigenvalue weighted by Crippen LogP contribution is -2.55. The van der Waals surface area contributed by atoms with Gasteiger partial charge in [0.1, 0.15) is 12.4 Å². The summed E-state index contributed by atoms with van der Waals surface area (Å²) in [5.41, 5.74) is 1.37. The fourth-order valence-corrected chi connectivity index (χ4v) is 2.73. The van der Waals surface area contributed by atoms with Gasteiger partial charge in [0.05, 0.1) is 0 Å². The largest absolute Gasteiger partial charge is 0.328 e. The molecule has 1 heterocycles. The number of benzene rings is 2. The van der Waals surface area contributed by atoms with Crippen molar-refractivity contribution in [1.82, 2.24) is 9.80 Å². The fraction of sp³-hybridized carbons (Fsp3) is 0.211. The van der Waals surface area contributed by atoms with Crippen molar-refractivity contribution in [2.75, 3.05) is 25.0 Å². The molecule has 26 heavy (non-hydrogen) atoms. The number of carbonyl (C=O) groups is 3. The average molecular weight is 355 g/mol. The lowest BCUT2D eigenvalue weighted by molar-refractivity contribution is -0.157. The molecule has 1 N–H and O–H groups in total. The van der Waals surface area contributed by atoms with Gasteiger partial charge in [-0.15, -0.1) is 0 Å². The molecule has 3 amide bonds. The predicted molar refractivity (Wildman–Crippen MR) is 93.5 cm³/mol. The van der Waals surface area contributed by atoms with Crippen molar-refractivity contribution >= 4 is 23.4 Å². The summed E-state index contributed by atoms with van der Waals surface area (Å²) in [5, 5.41) is 2.58. The maximum atomic E-state index is 12.9. The second kappa shape index (κ2) is 7.77. The molecule has 0 spiro atoms. The number of rotatable bonds is 5. The van der Waals surface area contributed by atoms with Crippen LogP contribution in [0.3, 0.4) is 0 Å². The number of hydrogen-bond donors (Lipinski definition) is 1. The smallest absolute Gasteiger partial charge is 0.312 e. The Morgan fingerprint density at radius 3 is 2.23 bits per heavy atom. The van der Waals surface area contributed by atoms with Gasteiger partial charge in [-0.2, -0.15) is 0 Å². The number of anilines is 1. The van der Waals surface area contributed by atoms with Gasteiger partial charge in [0.15, 0.2) is 0 Å². The van der Waals surface area contributed by atoms with E-state index in [1.54, 1.807) is 0 Å². The normalized spacial score (nSPS) is 14.5. The second-order valence-corrected chi connectivity index (χ2v) is 5.99. The van der Waals surface area contributed by atoms with Crippen LogP contribution in [0.2, 0.25) is 0 Å². The summed E-state index contributed by atoms with van der Waals surface area (Å²) < 4.78 is 12.9. The number of nitrogens with zero attached hydrogens (tertiary/aromatic N) is 2. The molecule has 0 bridgehead atoms. The van der Waals surface area contributed by atoms with Crippen LogP contribution in [0.15, 0.2) is 54.6 Å². The molecule has 0 atom stereocenters. The molecule has 1 aliphatic heterocycles. The third-order valence-corrected chi connectivity index (χ3v) is 4.08. The van der Waals surface area contributed by atoms with E-state index in [2.05, 4.69) is 5.32 Å². The van der Waals surface area contributed by atoms with Gasteiger partial charge in [0, 0.05) is 25.3 Å². The molecule has 2 aromatic carbocycles. The quantitative estimate of drug-likeness (QED) is 0.829. The molecule has 1 saturated heterocycles. The standard InChI is InChI=1S/C19H18FN3O3/c20-15-6-8-16(9-7-15)21-17(24)13-23-11-10-22(18(25)19(23)26)12-14-4-2-1-3-5-14/h1-9H,10-13H2,(H,21,24). The van der Waals surface area contributed by atoms with Crippen molar-refractivity contribution in [2.45, 2.75) is 6.54 Å². The minimum Gasteiger partial charge on any atom is -0.328 e. The van der Waals surface area contributed by atoms with Gasteiger partial charge in [-0.25, -0.2) is 4.39 Å². The van der Waals surface area contributed by atoms with Crippen LogP contribution in [-0.2, 0) is 20.9 Å². The summed E-state index contributed by atoms with van der Waals surface area (Å²) in [7, 11) is 0. The Hall–Kier alpha value is -3.22. The molecule has 0 aromatic heterocycles. The molecule has 0 saturated carbocycles. The Morgan fingerprint density at radius 2 is 1.54 bits per heavy atom. The lowest BCUT2D eigenvalue weighted by atomic mass is 10.2. The van der Waals surface area contributed by atoms with Crippen molar-refractivity contribution in [3.63, 3.8) is 0 Å². The average Bonchev–Trinajstić information content (AvgIpc) is 2.64. The number of carbonyl (C=O) groups excluding carboxylic acids is 3. The van der Waals surface area contributed by atoms with Crippen molar-refractivity contribution in [3.8, 4) is 0 Å². The molecular formula is C19H18FN3O3. The monoisotopic (exact) mass is 355 g/mol. The van der Waals surface area contributed by atoms with Crippen LogP contribution in [0.1, 0.15) is 5.56 Å². The van der Waals surface area contributed by atoms with E-state index in [1.807, 2.05) is 30.3 Å². The molecule has 0 aliphatic carbocycles. The summed E-state index contributed by atoms with van der Waals surface area (Å²) in [4.78, 5) is 39.3. The Labute approximate surface area is 150 Å². The number of amides is 3. The van der Waals surface area contributed by atoms with E-state index in [1.165, 1.54) is 34.1 Å². The number of piperazine rings is 1. The number of halogens is 1. The SMILES string of the molecule is O=C(CN1CCN(Cc2ccccc2)C(=O)C1=O)Nc1ccc(F)cc1. The highest BCUT2D eigenvalue weighted by molar-refractivity contribution is 6.35. The van der Waals surface area contributed by atoms with Crippen molar-refractivity contribution in [1.29, 1.82) is 0 Å². The molecule has 0 radical (unpaired) electrons. The van der Waals surface area contributed by atoms with Crippen LogP contribution < -0.4 is 5.32 Å². The summed E-state index contributed by atoms with van der Waals surface area (Å²) >= 11 is 0. The van der Waals surface area contributed by atoms with Crippen molar-refractivity contribution < 1.29 is 18.8 Å². The molecule has 7 heteroatoms. The minimum absolute atomic E-state index is 0.221. The van der Waals surface area contributed by atoms with Gasteiger partial charge in [0.2, 0.25) is 5.91 Å². The van der Waals surface area contributed by atoms with E-state index in [0.717, 1.165) is 5.56 Å². The lowest BCUT2D eigenvalue weighted by Gasteiger charge is -2.33. The van der Waals surface area contributed by atoms with Crippen LogP contribution >= 0.6 is 0 Å². The van der Waals surface area contributed by atoms with Gasteiger partial charge >= 0.3 is 11.8 Å². The van der Waals surface area contributed by atoms with Crippen LogP contribution in [-0.4, -0.2) is 47.2 Å². The number of hydrogen-bond acceptors (Lipinski definition) is 3. The topological polar surface area (TPSA) is 69.7 Å². The summed E-state index contributed by atoms with van der Waals surface area (Å²) in [6.07, 6.45) is 0. The van der Waals surface area contributed by atoms with E-state index >= 15 is 0 Å². The first-order valence-corrected chi connectivity index (χ1v) is 8.20. The zero-order valence-corrected chi connectivity index (χ0v) is 14.0. The van der Waals surface area contributed by atoms with E-state index in [-0.39, 0.29) is 13.1 Å². The summed E-state index contributed by atoms with van der Waals surface area (Å²) in [6, 6.07) is 14.7. The maximum Gasteiger partial charge on any atom is 0.312 e. The highest BCUT2D eigenvalue weighted by Crippen LogP contribution is 2.12. The molecule has 6 nitrogen and oxygen atoms in total. The highest BCUT2D eigenvalue weighted by Gasteiger charge is 2.33. The van der Waals surface area contributed by atoms with Gasteiger partial charge in [-0.1, -0.05) is 30.3 Å². The van der Waals surface area contributed by atoms with Crippen LogP contribution in [0.25, 0.3) is 0 Å². The first-order valence-electron chi connectivity index (χ1n) is 8.20. The Balaban J connectivity index is 1.55. The Morgan fingerprint density at radius 1 is 0.923 bits per heavy atom. The van der Waals surface area contributed by atoms with Gasteiger partial charge < -0.3 is 15.1 Å². The van der Waals surface area contributed by atoms with Gasteiger partial charge in [-0.05, 0) is 29.8 Å². The first kappa shape index (κ1) is 17.6. The molecule has 1 aliphatic rings. The molecule has 3 rings (SSSR count). The molecule has 1 fully saturated rings. The van der Waals surface area contributed by atoms with Crippen molar-refractivity contribution in [3.05, 3.63) is 66.0 Å². The van der Waals surface area contributed by atoms with Crippen molar-refractivity contribution in [2.24, 2.45) is 0 Å². The highest BCUT2D eigenvalue weighted by atomic mass is 19.1. The van der Waals surface area contributed by atoms with E-state index in [9.17, 15) is 18.8 Å². The third kappa shape index (κ3) is 4.24.